The van der Waals surface area contributed by atoms with Gasteiger partial charge in [-0.05, 0) is 146 Å². The Hall–Kier alpha value is -4.13. The van der Waals surface area contributed by atoms with Crippen LogP contribution in [0.5, 0.6) is 5.75 Å². The predicted octanol–water partition coefficient (Wildman–Crippen LogP) is 12.0. The number of aryl methyl sites for hydroxylation is 2. The highest BCUT2D eigenvalue weighted by Crippen LogP contribution is 2.44. The number of allylic oxidation sites excluding steroid dienone is 4. The molecular weight excluding hydrogens is 712 g/mol. The van der Waals surface area contributed by atoms with Gasteiger partial charge in [-0.3, -0.25) is 0 Å². The van der Waals surface area contributed by atoms with Gasteiger partial charge in [0.05, 0.1) is 24.3 Å². The van der Waals surface area contributed by atoms with Crippen molar-refractivity contribution >= 4 is 56.2 Å². The quantitative estimate of drug-likeness (QED) is 0.151. The van der Waals surface area contributed by atoms with Crippen molar-refractivity contribution in [3.8, 4) is 5.75 Å². The summed E-state index contributed by atoms with van der Waals surface area (Å²) in [5.74, 6) is 0.318. The molecule has 0 aromatic heterocycles. The Morgan fingerprint density at radius 2 is 1.24 bits per heavy atom. The maximum absolute atomic E-state index is 12.4. The third kappa shape index (κ3) is 9.15. The normalized spacial score (nSPS) is 14.0. The molecule has 0 amide bonds. The minimum atomic E-state index is -0.276. The zero-order valence-electron chi connectivity index (χ0n) is 29.2. The van der Waals surface area contributed by atoms with E-state index in [2.05, 4.69) is 40.2 Å². The van der Waals surface area contributed by atoms with Crippen LogP contribution in [0.3, 0.4) is 0 Å². The van der Waals surface area contributed by atoms with Crippen LogP contribution in [-0.2, 0) is 16.1 Å². The van der Waals surface area contributed by atoms with Gasteiger partial charge in [0.1, 0.15) is 12.4 Å². The number of esters is 2. The Kier molecular flexibility index (Phi) is 13.1. The molecule has 0 atom stereocenters. The average molecular weight is 756 g/mol. The Morgan fingerprint density at radius 3 is 1.82 bits per heavy atom. The topological polar surface area (TPSA) is 61.8 Å². The summed E-state index contributed by atoms with van der Waals surface area (Å²) in [5.41, 5.74) is 11.3. The smallest absolute Gasteiger partial charge is 0.338 e. The van der Waals surface area contributed by atoms with Gasteiger partial charge in [0, 0.05) is 10.6 Å². The van der Waals surface area contributed by atoms with Crippen molar-refractivity contribution in [2.24, 2.45) is 0 Å². The number of halogens is 2. The van der Waals surface area contributed by atoms with E-state index in [1.807, 2.05) is 88.4 Å². The lowest BCUT2D eigenvalue weighted by Crippen LogP contribution is -2.07. The van der Waals surface area contributed by atoms with Crippen LogP contribution in [0.2, 0.25) is 5.02 Å². The summed E-state index contributed by atoms with van der Waals surface area (Å²) in [6.45, 7) is 8.80. The number of benzene rings is 4. The van der Waals surface area contributed by atoms with E-state index in [4.69, 9.17) is 25.8 Å². The molecule has 6 rings (SSSR count). The van der Waals surface area contributed by atoms with Crippen molar-refractivity contribution in [1.82, 2.24) is 0 Å². The molecule has 0 saturated carbocycles. The van der Waals surface area contributed by atoms with E-state index in [0.29, 0.717) is 36.0 Å². The van der Waals surface area contributed by atoms with Gasteiger partial charge in [0.15, 0.2) is 0 Å². The first kappa shape index (κ1) is 37.1. The van der Waals surface area contributed by atoms with Crippen LogP contribution in [0.1, 0.15) is 106 Å². The van der Waals surface area contributed by atoms with Gasteiger partial charge >= 0.3 is 11.9 Å². The third-order valence-corrected chi connectivity index (χ3v) is 10.1. The monoisotopic (exact) mass is 754 g/mol. The van der Waals surface area contributed by atoms with Crippen molar-refractivity contribution in [3.05, 3.63) is 139 Å². The Balaban J connectivity index is 0.000000228. The molecule has 4 aromatic rings. The molecular formula is C43H44BrClO5. The van der Waals surface area contributed by atoms with E-state index in [1.165, 1.54) is 27.6 Å². The molecule has 2 aliphatic rings. The fourth-order valence-electron chi connectivity index (χ4n) is 6.44. The second-order valence-corrected chi connectivity index (χ2v) is 13.9. The number of carbonyl (C=O) groups is 2. The number of ether oxygens (including phenoxy) is 3. The molecule has 260 valence electrons. The highest BCUT2D eigenvalue weighted by molar-refractivity contribution is 9.11. The Bertz CT molecular complexity index is 1910. The number of hydrogen-bond donors (Lipinski definition) is 0. The van der Waals surface area contributed by atoms with Gasteiger partial charge in [-0.1, -0.05) is 82.1 Å². The summed E-state index contributed by atoms with van der Waals surface area (Å²) >= 11 is 10.0. The molecule has 50 heavy (non-hydrogen) atoms. The number of rotatable bonds is 10. The molecule has 0 radical (unpaired) electrons. The van der Waals surface area contributed by atoms with E-state index in [1.54, 1.807) is 0 Å². The molecule has 5 nitrogen and oxygen atoms in total. The van der Waals surface area contributed by atoms with Gasteiger partial charge in [-0.15, -0.1) is 0 Å². The number of carbonyl (C=O) groups excluding carboxylic acids is 2. The molecule has 4 aromatic carbocycles. The van der Waals surface area contributed by atoms with Crippen LogP contribution >= 0.6 is 27.5 Å². The SMILES string of the molecule is CCOC(=O)c1cc(C2=C(Br)CCC2)ccc1C.CCOC(=O)c1cc(C2=C(c3cc(Cl)ccc3OCc3ccccc3)CCC2)ccc1C. The maximum atomic E-state index is 12.4. The summed E-state index contributed by atoms with van der Waals surface area (Å²) in [5, 5.41) is 0.682. The highest BCUT2D eigenvalue weighted by atomic mass is 79.9. The van der Waals surface area contributed by atoms with Gasteiger partial charge in [-0.2, -0.15) is 0 Å². The Morgan fingerprint density at radius 1 is 0.680 bits per heavy atom. The second kappa shape index (κ2) is 17.7. The van der Waals surface area contributed by atoms with E-state index in [-0.39, 0.29) is 11.9 Å². The lowest BCUT2D eigenvalue weighted by atomic mass is 9.94. The van der Waals surface area contributed by atoms with Crippen LogP contribution in [-0.4, -0.2) is 25.2 Å². The lowest BCUT2D eigenvalue weighted by Gasteiger charge is -2.16. The molecule has 0 unspecified atom stereocenters. The largest absolute Gasteiger partial charge is 0.488 e. The molecule has 7 heteroatoms. The molecule has 0 N–H and O–H groups in total. The standard InChI is InChI=1S/C28H27ClO3.C15H17BrO2/c1-3-31-28(30)25-16-21(13-12-19(25)2)23-10-7-11-24(23)26-17-22(29)14-15-27(26)32-18-20-8-5-4-6-9-20;1-3-18-15(17)13-9-11(8-7-10(13)2)12-5-4-6-14(12)16/h4-6,8-9,12-17H,3,7,10-11,18H2,1-2H3;7-9H,3-6H2,1-2H3. The fourth-order valence-corrected chi connectivity index (χ4v) is 7.32. The van der Waals surface area contributed by atoms with Gasteiger partial charge in [0.2, 0.25) is 0 Å². The minimum Gasteiger partial charge on any atom is -0.488 e. The molecule has 0 spiro atoms. The van der Waals surface area contributed by atoms with Gasteiger partial charge < -0.3 is 14.2 Å². The molecule has 0 bridgehead atoms. The first-order valence-corrected chi connectivity index (χ1v) is 18.5. The number of hydrogen-bond acceptors (Lipinski definition) is 5. The Labute approximate surface area is 309 Å². The second-order valence-electron chi connectivity index (χ2n) is 12.5. The van der Waals surface area contributed by atoms with Crippen molar-refractivity contribution in [2.75, 3.05) is 13.2 Å². The first-order valence-electron chi connectivity index (χ1n) is 17.3. The van der Waals surface area contributed by atoms with Crippen molar-refractivity contribution in [2.45, 2.75) is 72.8 Å². The molecule has 0 aliphatic heterocycles. The van der Waals surface area contributed by atoms with Crippen LogP contribution in [0.15, 0.2) is 89.4 Å². The van der Waals surface area contributed by atoms with Gasteiger partial charge in [-0.25, -0.2) is 9.59 Å². The summed E-state index contributed by atoms with van der Waals surface area (Å²) in [6.07, 6.45) is 6.30. The van der Waals surface area contributed by atoms with Crippen LogP contribution in [0, 0.1) is 13.8 Å². The van der Waals surface area contributed by atoms with Crippen LogP contribution in [0.4, 0.5) is 0 Å². The molecule has 0 fully saturated rings. The molecule has 2 aliphatic carbocycles. The minimum absolute atomic E-state index is 0.230. The average Bonchev–Trinajstić information content (AvgIpc) is 3.78. The van der Waals surface area contributed by atoms with Crippen molar-refractivity contribution < 1.29 is 23.8 Å². The summed E-state index contributed by atoms with van der Waals surface area (Å²) in [6, 6.07) is 28.0. The predicted molar refractivity (Wildman–Crippen MR) is 207 cm³/mol. The highest BCUT2D eigenvalue weighted by Gasteiger charge is 2.23. The van der Waals surface area contributed by atoms with E-state index in [0.717, 1.165) is 71.2 Å². The van der Waals surface area contributed by atoms with Crippen molar-refractivity contribution in [1.29, 1.82) is 0 Å². The zero-order valence-corrected chi connectivity index (χ0v) is 31.6. The maximum Gasteiger partial charge on any atom is 0.338 e. The van der Waals surface area contributed by atoms with E-state index in [9.17, 15) is 9.59 Å². The summed E-state index contributed by atoms with van der Waals surface area (Å²) in [7, 11) is 0. The lowest BCUT2D eigenvalue weighted by molar-refractivity contribution is 0.0515. The van der Waals surface area contributed by atoms with E-state index < -0.39 is 0 Å². The van der Waals surface area contributed by atoms with Crippen molar-refractivity contribution in [3.63, 3.8) is 0 Å². The van der Waals surface area contributed by atoms with Crippen LogP contribution < -0.4 is 4.74 Å². The first-order chi connectivity index (χ1) is 24.2. The summed E-state index contributed by atoms with van der Waals surface area (Å²) in [4.78, 5) is 24.3. The molecule has 0 heterocycles. The van der Waals surface area contributed by atoms with Gasteiger partial charge in [0.25, 0.3) is 0 Å². The summed E-state index contributed by atoms with van der Waals surface area (Å²) < 4.78 is 17.8. The third-order valence-electron chi connectivity index (χ3n) is 9.03. The molecule has 0 saturated heterocycles. The van der Waals surface area contributed by atoms with E-state index >= 15 is 0 Å². The van der Waals surface area contributed by atoms with Crippen LogP contribution in [0.25, 0.3) is 16.7 Å². The fraction of sp³-hybridized carbons (Fsp3) is 0.302. The zero-order chi connectivity index (χ0) is 35.6.